The predicted octanol–water partition coefficient (Wildman–Crippen LogP) is 4.49. The molecule has 0 aliphatic carbocycles. The van der Waals surface area contributed by atoms with E-state index in [2.05, 4.69) is 10.6 Å². The van der Waals surface area contributed by atoms with Crippen LogP contribution >= 0.6 is 0 Å². The van der Waals surface area contributed by atoms with Gasteiger partial charge in [-0.1, -0.05) is 30.3 Å². The van der Waals surface area contributed by atoms with Crippen LogP contribution < -0.4 is 15.5 Å². The van der Waals surface area contributed by atoms with Gasteiger partial charge in [0.15, 0.2) is 0 Å². The Morgan fingerprint density at radius 2 is 1.83 bits per heavy atom. The van der Waals surface area contributed by atoms with Crippen LogP contribution in [0, 0.1) is 11.6 Å². The molecule has 0 aromatic heterocycles. The maximum Gasteiger partial charge on any atom is 0.319 e. The maximum atomic E-state index is 13.7. The van der Waals surface area contributed by atoms with E-state index in [1.165, 1.54) is 12.1 Å². The van der Waals surface area contributed by atoms with Crippen molar-refractivity contribution in [2.75, 3.05) is 16.8 Å². The zero-order chi connectivity index (χ0) is 23.7. The van der Waals surface area contributed by atoms with E-state index in [0.29, 0.717) is 24.7 Å². The summed E-state index contributed by atoms with van der Waals surface area (Å²) in [5, 5.41) is 4.93. The van der Waals surface area contributed by atoms with Gasteiger partial charge in [-0.05, 0) is 47.9 Å². The van der Waals surface area contributed by atoms with Gasteiger partial charge in [0.2, 0.25) is 0 Å². The van der Waals surface area contributed by atoms with Crippen molar-refractivity contribution in [1.29, 1.82) is 0 Å². The van der Waals surface area contributed by atoms with Crippen molar-refractivity contribution in [2.45, 2.75) is 13.0 Å². The Balaban J connectivity index is 1.42. The number of hydrogen-bond acceptors (Lipinski definition) is 2. The van der Waals surface area contributed by atoms with Crippen LogP contribution in [0.15, 0.2) is 66.7 Å². The van der Waals surface area contributed by atoms with Gasteiger partial charge in [-0.3, -0.25) is 4.79 Å². The molecule has 0 atom stereocenters. The molecule has 0 bridgehead atoms. The van der Waals surface area contributed by atoms with Gasteiger partial charge in [-0.2, -0.15) is 0 Å². The van der Waals surface area contributed by atoms with Crippen LogP contribution in [0.3, 0.4) is 0 Å². The fourth-order valence-electron chi connectivity index (χ4n) is 3.31. The number of benzene rings is 3. The molecule has 0 unspecified atom stereocenters. The highest BCUT2D eigenvalue weighted by Crippen LogP contribution is 2.30. The predicted molar refractivity (Wildman–Crippen MR) is 110 cm³/mol. The highest BCUT2D eigenvalue weighted by Gasteiger charge is 2.25. The van der Waals surface area contributed by atoms with Crippen molar-refractivity contribution < 1.29 is 22.5 Å². The second kappa shape index (κ2) is 8.32. The van der Waals surface area contributed by atoms with Crippen molar-refractivity contribution in [1.82, 2.24) is 5.32 Å². The molecule has 30 heavy (non-hydrogen) atoms. The Kier molecular flexibility index (Phi) is 4.47. The summed E-state index contributed by atoms with van der Waals surface area (Å²) in [5.41, 5.74) is 2.43. The van der Waals surface area contributed by atoms with Crippen molar-refractivity contribution in [3.63, 3.8) is 0 Å². The minimum atomic E-state index is -0.875. The number of carbonyl (C=O) groups is 2. The van der Waals surface area contributed by atoms with Crippen molar-refractivity contribution >= 4 is 23.3 Å². The molecule has 0 radical (unpaired) electrons. The standard InChI is InChI=1S/C23H19F2N3O2/c24-18-7-8-20(19(25)13-18)27-23(30)26-14-15-6-9-21-17(12-15)10-11-28(21)22(29)16-4-2-1-3-5-16/h1-9,12-13H,10-11,14H2,(H2,26,27,30)/i1T,2T,3T. The van der Waals surface area contributed by atoms with E-state index in [1.54, 1.807) is 17.0 Å². The van der Waals surface area contributed by atoms with Crippen LogP contribution in [-0.4, -0.2) is 18.5 Å². The average Bonchev–Trinajstić information content (AvgIpc) is 3.20. The zero-order valence-corrected chi connectivity index (χ0v) is 15.8. The van der Waals surface area contributed by atoms with E-state index in [4.69, 9.17) is 4.11 Å². The Labute approximate surface area is 176 Å². The van der Waals surface area contributed by atoms with Crippen molar-refractivity contribution in [2.24, 2.45) is 0 Å². The summed E-state index contributed by atoms with van der Waals surface area (Å²) in [5.74, 6) is -1.96. The maximum absolute atomic E-state index is 13.7. The zero-order valence-electron chi connectivity index (χ0n) is 18.8. The first kappa shape index (κ1) is 16.1. The van der Waals surface area contributed by atoms with Crippen LogP contribution in [-0.2, 0) is 13.0 Å². The lowest BCUT2D eigenvalue weighted by Crippen LogP contribution is -2.29. The highest BCUT2D eigenvalue weighted by atomic mass is 19.1. The second-order valence-electron chi connectivity index (χ2n) is 6.76. The first-order valence-corrected chi connectivity index (χ1v) is 9.24. The summed E-state index contributed by atoms with van der Waals surface area (Å²) >= 11 is 0. The number of amides is 3. The van der Waals surface area contributed by atoms with Crippen LogP contribution in [0.25, 0.3) is 0 Å². The van der Waals surface area contributed by atoms with Gasteiger partial charge < -0.3 is 15.5 Å². The van der Waals surface area contributed by atoms with Crippen molar-refractivity contribution in [3.05, 3.63) is 95.0 Å². The van der Waals surface area contributed by atoms with E-state index in [-0.39, 0.29) is 41.8 Å². The molecule has 0 saturated heterocycles. The summed E-state index contributed by atoms with van der Waals surface area (Å²) in [6, 6.07) is 9.60. The Hall–Kier alpha value is -3.74. The van der Waals surface area contributed by atoms with Gasteiger partial charge >= 0.3 is 6.03 Å². The lowest BCUT2D eigenvalue weighted by atomic mass is 10.1. The van der Waals surface area contributed by atoms with E-state index >= 15 is 0 Å². The molecule has 0 spiro atoms. The molecule has 0 saturated carbocycles. The largest absolute Gasteiger partial charge is 0.334 e. The van der Waals surface area contributed by atoms with Gasteiger partial charge in [0.25, 0.3) is 5.91 Å². The summed E-state index contributed by atoms with van der Waals surface area (Å²) in [6.45, 7) is 0.587. The lowest BCUT2D eigenvalue weighted by molar-refractivity contribution is 0.0989. The van der Waals surface area contributed by atoms with Crippen LogP contribution in [0.5, 0.6) is 0 Å². The number of hydrogen-bond donors (Lipinski definition) is 2. The van der Waals surface area contributed by atoms with E-state index in [1.807, 2.05) is 6.07 Å². The van der Waals surface area contributed by atoms with Gasteiger partial charge in [-0.15, -0.1) is 0 Å². The third-order valence-electron chi connectivity index (χ3n) is 4.76. The Morgan fingerprint density at radius 3 is 2.60 bits per heavy atom. The smallest absolute Gasteiger partial charge is 0.319 e. The number of rotatable bonds is 4. The minimum absolute atomic E-state index is 0.137. The molecule has 1 aliphatic heterocycles. The van der Waals surface area contributed by atoms with Crippen LogP contribution in [0.4, 0.5) is 25.0 Å². The molecule has 3 aromatic rings. The molecular weight excluding hydrogens is 388 g/mol. The number of carbonyl (C=O) groups excluding carboxylic acids is 2. The minimum Gasteiger partial charge on any atom is -0.334 e. The Bertz CT molecular complexity index is 1250. The Morgan fingerprint density at radius 1 is 1.03 bits per heavy atom. The third-order valence-corrected chi connectivity index (χ3v) is 4.76. The number of nitrogens with zero attached hydrogens (tertiary/aromatic N) is 1. The summed E-state index contributed by atoms with van der Waals surface area (Å²) in [4.78, 5) is 26.5. The van der Waals surface area contributed by atoms with E-state index in [0.717, 1.165) is 23.3 Å². The van der Waals surface area contributed by atoms with E-state index < -0.39 is 17.7 Å². The molecule has 0 fully saturated rings. The summed E-state index contributed by atoms with van der Waals surface area (Å²) in [6.07, 6.45) is 0.597. The molecule has 152 valence electrons. The lowest BCUT2D eigenvalue weighted by Gasteiger charge is -2.17. The molecule has 2 N–H and O–H groups in total. The highest BCUT2D eigenvalue weighted by molar-refractivity contribution is 6.07. The molecule has 3 aromatic carbocycles. The number of halogens is 2. The van der Waals surface area contributed by atoms with Gasteiger partial charge in [0.05, 0.1) is 9.80 Å². The number of fused-ring (bicyclic) bond motifs is 1. The SMILES string of the molecule is [3H]c1cc(C(=O)N2CCc3cc(CNC(=O)Nc4ccc(F)cc4F)ccc32)cc([3H])c1[3H]. The summed E-state index contributed by atoms with van der Waals surface area (Å²) in [7, 11) is 0. The monoisotopic (exact) mass is 413 g/mol. The average molecular weight is 413 g/mol. The molecule has 5 nitrogen and oxygen atoms in total. The number of nitrogens with one attached hydrogen (secondary N) is 2. The molecule has 1 aliphatic rings. The quantitative estimate of drug-likeness (QED) is 0.662. The topological polar surface area (TPSA) is 61.4 Å². The normalized spacial score (nSPS) is 13.8. The van der Waals surface area contributed by atoms with Gasteiger partial charge in [-0.25, -0.2) is 13.6 Å². The molecule has 1 heterocycles. The summed E-state index contributed by atoms with van der Waals surface area (Å²) < 4.78 is 49.8. The van der Waals surface area contributed by atoms with Crippen LogP contribution in [0.2, 0.25) is 0 Å². The molecule has 3 amide bonds. The number of anilines is 2. The van der Waals surface area contributed by atoms with Gasteiger partial charge in [0, 0.05) is 30.4 Å². The first-order chi connectivity index (χ1) is 15.7. The molecular formula is C23H19F2N3O2. The third kappa shape index (κ3) is 4.15. The fraction of sp³-hybridized carbons (Fsp3) is 0.130. The van der Waals surface area contributed by atoms with E-state index in [9.17, 15) is 18.4 Å². The molecule has 7 heteroatoms. The van der Waals surface area contributed by atoms with Crippen LogP contribution in [0.1, 0.15) is 25.6 Å². The molecule has 4 rings (SSSR count). The fourth-order valence-corrected chi connectivity index (χ4v) is 3.31. The number of urea groups is 1. The first-order valence-electron chi connectivity index (χ1n) is 10.7. The second-order valence-corrected chi connectivity index (χ2v) is 6.76. The van der Waals surface area contributed by atoms with Crippen molar-refractivity contribution in [3.8, 4) is 0 Å². The van der Waals surface area contributed by atoms with Gasteiger partial charge in [0.1, 0.15) is 11.6 Å².